The summed E-state index contributed by atoms with van der Waals surface area (Å²) in [5.74, 6) is 2.04. The van der Waals surface area contributed by atoms with Crippen LogP contribution in [0.2, 0.25) is 0 Å². The molecule has 27 heavy (non-hydrogen) atoms. The number of amides is 1. The van der Waals surface area contributed by atoms with Gasteiger partial charge in [-0.1, -0.05) is 24.3 Å². The van der Waals surface area contributed by atoms with Gasteiger partial charge in [-0.05, 0) is 44.4 Å². The van der Waals surface area contributed by atoms with Crippen LogP contribution < -0.4 is 19.1 Å². The maximum absolute atomic E-state index is 12.9. The number of methoxy groups -OCH3 is 1. The van der Waals surface area contributed by atoms with Crippen molar-refractivity contribution in [3.8, 4) is 17.2 Å². The number of para-hydroxylation sites is 2. The monoisotopic (exact) mass is 367 g/mol. The molecule has 4 rings (SSSR count). The summed E-state index contributed by atoms with van der Waals surface area (Å²) in [6, 6.07) is 11.8. The predicted molar refractivity (Wildman–Crippen MR) is 104 cm³/mol. The zero-order valence-electron chi connectivity index (χ0n) is 16.1. The Hall–Kier alpha value is -2.69. The average Bonchev–Trinajstić information content (AvgIpc) is 2.99. The number of anilines is 1. The highest BCUT2D eigenvalue weighted by Crippen LogP contribution is 2.42. The normalized spacial score (nSPS) is 16.9. The first-order valence-electron chi connectivity index (χ1n) is 9.38. The van der Waals surface area contributed by atoms with E-state index in [1.165, 1.54) is 0 Å². The van der Waals surface area contributed by atoms with Crippen molar-refractivity contribution in [1.29, 1.82) is 0 Å². The lowest BCUT2D eigenvalue weighted by molar-refractivity contribution is -0.120. The lowest BCUT2D eigenvalue weighted by Crippen LogP contribution is -2.39. The fraction of sp³-hybridized carbons (Fsp3) is 0.409. The molecule has 5 nitrogen and oxygen atoms in total. The Morgan fingerprint density at radius 2 is 1.89 bits per heavy atom. The predicted octanol–water partition coefficient (Wildman–Crippen LogP) is 3.77. The third kappa shape index (κ3) is 3.34. The second-order valence-corrected chi connectivity index (χ2v) is 7.69. The van der Waals surface area contributed by atoms with Crippen LogP contribution in [0.15, 0.2) is 36.4 Å². The van der Waals surface area contributed by atoms with Gasteiger partial charge in [0.1, 0.15) is 11.4 Å². The summed E-state index contributed by atoms with van der Waals surface area (Å²) in [5.41, 5.74) is 2.88. The third-order valence-corrected chi connectivity index (χ3v) is 5.11. The zero-order chi connectivity index (χ0) is 19.0. The minimum absolute atomic E-state index is 0.0300. The van der Waals surface area contributed by atoms with E-state index in [-0.39, 0.29) is 18.1 Å². The van der Waals surface area contributed by atoms with Crippen molar-refractivity contribution >= 4 is 11.6 Å². The van der Waals surface area contributed by atoms with E-state index in [4.69, 9.17) is 14.2 Å². The van der Waals surface area contributed by atoms with Gasteiger partial charge in [-0.3, -0.25) is 4.79 Å². The SMILES string of the molecule is COc1cccc2c1N(C(=O)COc1cccc3c1OC(C)(C)C3)CCC2. The minimum Gasteiger partial charge on any atom is -0.495 e. The maximum atomic E-state index is 12.9. The summed E-state index contributed by atoms with van der Waals surface area (Å²) in [6.07, 6.45) is 2.72. The van der Waals surface area contributed by atoms with Crippen LogP contribution in [0.5, 0.6) is 17.2 Å². The first kappa shape index (κ1) is 17.7. The van der Waals surface area contributed by atoms with Crippen LogP contribution in [0.4, 0.5) is 5.69 Å². The van der Waals surface area contributed by atoms with Crippen molar-refractivity contribution < 1.29 is 19.0 Å². The third-order valence-electron chi connectivity index (χ3n) is 5.11. The molecule has 0 atom stereocenters. The van der Waals surface area contributed by atoms with Gasteiger partial charge in [0.15, 0.2) is 18.1 Å². The van der Waals surface area contributed by atoms with Gasteiger partial charge in [0.2, 0.25) is 0 Å². The molecule has 0 radical (unpaired) electrons. The molecule has 0 saturated carbocycles. The molecule has 0 saturated heterocycles. The van der Waals surface area contributed by atoms with Crippen LogP contribution >= 0.6 is 0 Å². The van der Waals surface area contributed by atoms with Gasteiger partial charge in [-0.25, -0.2) is 0 Å². The van der Waals surface area contributed by atoms with E-state index < -0.39 is 0 Å². The number of hydrogen-bond acceptors (Lipinski definition) is 4. The van der Waals surface area contributed by atoms with Crippen LogP contribution in [0.25, 0.3) is 0 Å². The molecular formula is C22H25NO4. The minimum atomic E-state index is -0.245. The molecule has 2 aliphatic rings. The number of benzene rings is 2. The highest BCUT2D eigenvalue weighted by atomic mass is 16.5. The Kier molecular flexibility index (Phi) is 4.46. The largest absolute Gasteiger partial charge is 0.495 e. The number of carbonyl (C=O) groups is 1. The van der Waals surface area contributed by atoms with E-state index in [0.29, 0.717) is 12.3 Å². The number of rotatable bonds is 4. The van der Waals surface area contributed by atoms with E-state index >= 15 is 0 Å². The molecule has 5 heteroatoms. The zero-order valence-corrected chi connectivity index (χ0v) is 16.1. The van der Waals surface area contributed by atoms with Gasteiger partial charge in [-0.2, -0.15) is 0 Å². The Bertz CT molecular complexity index is 860. The first-order chi connectivity index (χ1) is 13.0. The van der Waals surface area contributed by atoms with Crippen LogP contribution in [0.3, 0.4) is 0 Å². The number of ether oxygens (including phenoxy) is 3. The molecule has 1 amide bonds. The summed E-state index contributed by atoms with van der Waals surface area (Å²) in [5, 5.41) is 0. The quantitative estimate of drug-likeness (QED) is 0.825. The van der Waals surface area contributed by atoms with Gasteiger partial charge >= 0.3 is 0 Å². The van der Waals surface area contributed by atoms with Crippen LogP contribution in [-0.4, -0.2) is 31.8 Å². The lowest BCUT2D eigenvalue weighted by Gasteiger charge is -2.31. The van der Waals surface area contributed by atoms with Crippen molar-refractivity contribution in [2.24, 2.45) is 0 Å². The van der Waals surface area contributed by atoms with Crippen molar-refractivity contribution in [2.45, 2.75) is 38.7 Å². The van der Waals surface area contributed by atoms with Gasteiger partial charge in [-0.15, -0.1) is 0 Å². The molecule has 2 heterocycles. The van der Waals surface area contributed by atoms with E-state index in [2.05, 4.69) is 19.9 Å². The summed E-state index contributed by atoms with van der Waals surface area (Å²) < 4.78 is 17.4. The number of aryl methyl sites for hydroxylation is 1. The smallest absolute Gasteiger partial charge is 0.265 e. The van der Waals surface area contributed by atoms with E-state index in [0.717, 1.165) is 47.6 Å². The Labute approximate surface area is 159 Å². The van der Waals surface area contributed by atoms with Crippen LogP contribution in [-0.2, 0) is 17.6 Å². The molecule has 0 spiro atoms. The Morgan fingerprint density at radius 1 is 1.15 bits per heavy atom. The van der Waals surface area contributed by atoms with E-state index in [1.54, 1.807) is 12.0 Å². The van der Waals surface area contributed by atoms with E-state index in [9.17, 15) is 4.79 Å². The molecule has 0 aromatic heterocycles. The second kappa shape index (κ2) is 6.80. The van der Waals surface area contributed by atoms with E-state index in [1.807, 2.05) is 30.3 Å². The van der Waals surface area contributed by atoms with Gasteiger partial charge < -0.3 is 19.1 Å². The van der Waals surface area contributed by atoms with Crippen LogP contribution in [0, 0.1) is 0 Å². The standard InChI is InChI=1S/C22H25NO4/c1-22(2)13-16-8-5-11-18(21(16)27-22)26-14-19(24)23-12-6-9-15-7-4-10-17(25-3)20(15)23/h4-5,7-8,10-11H,6,9,12-14H2,1-3H3. The number of carbonyl (C=O) groups excluding carboxylic acids is 1. The van der Waals surface area contributed by atoms with Gasteiger partial charge in [0.25, 0.3) is 5.91 Å². The fourth-order valence-corrected chi connectivity index (χ4v) is 3.95. The fourth-order valence-electron chi connectivity index (χ4n) is 3.95. The summed E-state index contributed by atoms with van der Waals surface area (Å²) in [4.78, 5) is 14.7. The molecule has 2 aromatic carbocycles. The average molecular weight is 367 g/mol. The number of hydrogen-bond donors (Lipinski definition) is 0. The molecule has 2 aromatic rings. The molecule has 0 aliphatic carbocycles. The molecule has 142 valence electrons. The molecule has 0 unspecified atom stereocenters. The van der Waals surface area contributed by atoms with Crippen molar-refractivity contribution in [2.75, 3.05) is 25.2 Å². The topological polar surface area (TPSA) is 48.0 Å². The van der Waals surface area contributed by atoms with Crippen molar-refractivity contribution in [3.63, 3.8) is 0 Å². The van der Waals surface area contributed by atoms with Crippen LogP contribution in [0.1, 0.15) is 31.4 Å². The Balaban J connectivity index is 1.52. The first-order valence-corrected chi connectivity index (χ1v) is 9.38. The van der Waals surface area contributed by atoms with Crippen molar-refractivity contribution in [1.82, 2.24) is 0 Å². The molecule has 0 fully saturated rings. The Morgan fingerprint density at radius 3 is 2.67 bits per heavy atom. The summed E-state index contributed by atoms with van der Waals surface area (Å²) >= 11 is 0. The summed E-state index contributed by atoms with van der Waals surface area (Å²) in [7, 11) is 1.63. The highest BCUT2D eigenvalue weighted by Gasteiger charge is 2.33. The molecule has 0 bridgehead atoms. The number of nitrogens with zero attached hydrogens (tertiary/aromatic N) is 1. The van der Waals surface area contributed by atoms with Gasteiger partial charge in [0, 0.05) is 18.5 Å². The van der Waals surface area contributed by atoms with Gasteiger partial charge in [0.05, 0.1) is 12.8 Å². The molecular weight excluding hydrogens is 342 g/mol. The summed E-state index contributed by atoms with van der Waals surface area (Å²) in [6.45, 7) is 4.75. The molecule has 2 aliphatic heterocycles. The lowest BCUT2D eigenvalue weighted by atomic mass is 10.0. The maximum Gasteiger partial charge on any atom is 0.265 e. The number of fused-ring (bicyclic) bond motifs is 2. The highest BCUT2D eigenvalue weighted by molar-refractivity contribution is 5.97. The molecule has 0 N–H and O–H groups in total. The second-order valence-electron chi connectivity index (χ2n) is 7.69. The van der Waals surface area contributed by atoms with Crippen molar-refractivity contribution in [3.05, 3.63) is 47.5 Å².